The Hall–Kier alpha value is -1.34. The Kier molecular flexibility index (Phi) is 10.8. The summed E-state index contributed by atoms with van der Waals surface area (Å²) in [6.07, 6.45) is 3.18. The summed E-state index contributed by atoms with van der Waals surface area (Å²) in [7, 11) is 1.60. The Morgan fingerprint density at radius 3 is 2.66 bits per heavy atom. The molecule has 0 atom stereocenters. The van der Waals surface area contributed by atoms with Gasteiger partial charge in [0.05, 0.1) is 12.1 Å². The molecule has 0 saturated carbocycles. The van der Waals surface area contributed by atoms with Crippen molar-refractivity contribution in [1.29, 1.82) is 0 Å². The first-order valence-corrected chi connectivity index (χ1v) is 10.9. The molecular formula is C22H28BrClFNO3. The van der Waals surface area contributed by atoms with Crippen molar-refractivity contribution in [2.24, 2.45) is 0 Å². The van der Waals surface area contributed by atoms with E-state index in [2.05, 4.69) is 28.2 Å². The van der Waals surface area contributed by atoms with Crippen molar-refractivity contribution in [3.63, 3.8) is 0 Å². The highest BCUT2D eigenvalue weighted by atomic mass is 79.9. The predicted molar refractivity (Wildman–Crippen MR) is 118 cm³/mol. The summed E-state index contributed by atoms with van der Waals surface area (Å²) in [6, 6.07) is 8.05. The van der Waals surface area contributed by atoms with Gasteiger partial charge in [0.1, 0.15) is 12.4 Å². The van der Waals surface area contributed by atoms with Crippen molar-refractivity contribution < 1.29 is 18.6 Å². The maximum absolute atomic E-state index is 13.3. The number of ether oxygens (including phenoxy) is 3. The lowest BCUT2D eigenvalue weighted by Crippen LogP contribution is -2.18. The molecule has 0 amide bonds. The summed E-state index contributed by atoms with van der Waals surface area (Å²) in [5.74, 6) is 0.891. The number of methoxy groups -OCH3 is 1. The number of nitrogens with one attached hydrogen (secondary N) is 1. The molecule has 29 heavy (non-hydrogen) atoms. The highest BCUT2D eigenvalue weighted by molar-refractivity contribution is 9.10. The first-order valence-electron chi connectivity index (χ1n) is 9.77. The zero-order valence-corrected chi connectivity index (χ0v) is 19.2. The molecule has 4 nitrogen and oxygen atoms in total. The fourth-order valence-corrected chi connectivity index (χ4v) is 3.39. The SMILES string of the molecule is CCCCOCCCNCc1c(Br)ccc(OC)c1OCc1ccc(F)cc1Cl. The lowest BCUT2D eigenvalue weighted by Gasteiger charge is -2.17. The standard InChI is InChI=1S/C22H28BrClFNO3/c1-3-4-11-28-12-5-10-26-14-18-19(23)8-9-21(27-2)22(18)29-15-16-6-7-17(25)13-20(16)24/h6-9,13,26H,3-5,10-12,14-15H2,1-2H3. The van der Waals surface area contributed by atoms with Crippen LogP contribution in [0.4, 0.5) is 4.39 Å². The minimum atomic E-state index is -0.373. The first kappa shape index (κ1) is 23.9. The Bertz CT molecular complexity index is 776. The number of hydrogen-bond acceptors (Lipinski definition) is 4. The lowest BCUT2D eigenvalue weighted by molar-refractivity contribution is 0.128. The van der Waals surface area contributed by atoms with E-state index in [0.717, 1.165) is 49.1 Å². The van der Waals surface area contributed by atoms with E-state index in [9.17, 15) is 4.39 Å². The lowest BCUT2D eigenvalue weighted by atomic mass is 10.1. The monoisotopic (exact) mass is 487 g/mol. The molecule has 0 aliphatic rings. The van der Waals surface area contributed by atoms with E-state index in [1.165, 1.54) is 12.1 Å². The van der Waals surface area contributed by atoms with E-state index in [0.29, 0.717) is 28.6 Å². The molecule has 0 saturated heterocycles. The summed E-state index contributed by atoms with van der Waals surface area (Å²) < 4.78 is 31.3. The van der Waals surface area contributed by atoms with Crippen molar-refractivity contribution in [2.75, 3.05) is 26.9 Å². The van der Waals surface area contributed by atoms with Crippen LogP contribution in [0.25, 0.3) is 0 Å². The summed E-state index contributed by atoms with van der Waals surface area (Å²) in [5, 5.41) is 3.76. The third kappa shape index (κ3) is 7.78. The van der Waals surface area contributed by atoms with E-state index in [1.54, 1.807) is 13.2 Å². The molecule has 0 aromatic heterocycles. The first-order chi connectivity index (χ1) is 14.1. The molecule has 2 aromatic rings. The number of hydrogen-bond donors (Lipinski definition) is 1. The van der Waals surface area contributed by atoms with Crippen molar-refractivity contribution in [3.05, 3.63) is 56.8 Å². The Morgan fingerprint density at radius 2 is 1.93 bits per heavy atom. The van der Waals surface area contributed by atoms with Crippen LogP contribution < -0.4 is 14.8 Å². The van der Waals surface area contributed by atoms with Crippen LogP contribution in [0.1, 0.15) is 37.3 Å². The van der Waals surface area contributed by atoms with E-state index in [-0.39, 0.29) is 12.4 Å². The molecule has 0 radical (unpaired) electrons. The van der Waals surface area contributed by atoms with Gasteiger partial charge in [0, 0.05) is 35.4 Å². The molecule has 1 N–H and O–H groups in total. The van der Waals surface area contributed by atoms with Gasteiger partial charge in [0.15, 0.2) is 11.5 Å². The topological polar surface area (TPSA) is 39.7 Å². The average Bonchev–Trinajstić information content (AvgIpc) is 2.70. The average molecular weight is 489 g/mol. The van der Waals surface area contributed by atoms with Gasteiger partial charge in [-0.05, 0) is 43.7 Å². The fraction of sp³-hybridized carbons (Fsp3) is 0.455. The van der Waals surface area contributed by atoms with Crippen molar-refractivity contribution in [1.82, 2.24) is 5.32 Å². The van der Waals surface area contributed by atoms with Crippen LogP contribution in [-0.4, -0.2) is 26.9 Å². The van der Waals surface area contributed by atoms with Crippen LogP contribution >= 0.6 is 27.5 Å². The van der Waals surface area contributed by atoms with Gasteiger partial charge in [0.25, 0.3) is 0 Å². The smallest absolute Gasteiger partial charge is 0.167 e. The van der Waals surface area contributed by atoms with Crippen molar-refractivity contribution in [2.45, 2.75) is 39.3 Å². The molecule has 0 bridgehead atoms. The van der Waals surface area contributed by atoms with Crippen molar-refractivity contribution in [3.8, 4) is 11.5 Å². The third-order valence-corrected chi connectivity index (χ3v) is 5.46. The number of benzene rings is 2. The molecule has 2 aromatic carbocycles. The molecule has 0 unspecified atom stereocenters. The third-order valence-electron chi connectivity index (χ3n) is 4.36. The van der Waals surface area contributed by atoms with Crippen LogP contribution in [-0.2, 0) is 17.9 Å². The maximum atomic E-state index is 13.3. The molecule has 0 spiro atoms. The number of unbranched alkanes of at least 4 members (excludes halogenated alkanes) is 1. The summed E-state index contributed by atoms with van der Waals surface area (Å²) in [5.41, 5.74) is 1.66. The van der Waals surface area contributed by atoms with Crippen LogP contribution in [0.2, 0.25) is 5.02 Å². The summed E-state index contributed by atoms with van der Waals surface area (Å²) >= 11 is 9.72. The molecule has 0 aliphatic carbocycles. The van der Waals surface area contributed by atoms with Gasteiger partial charge in [0.2, 0.25) is 0 Å². The zero-order valence-electron chi connectivity index (χ0n) is 16.9. The van der Waals surface area contributed by atoms with E-state index in [1.807, 2.05) is 12.1 Å². The van der Waals surface area contributed by atoms with Crippen LogP contribution in [0.5, 0.6) is 11.5 Å². The van der Waals surface area contributed by atoms with Gasteiger partial charge < -0.3 is 19.5 Å². The van der Waals surface area contributed by atoms with E-state index in [4.69, 9.17) is 25.8 Å². The minimum absolute atomic E-state index is 0.212. The molecule has 2 rings (SSSR count). The second-order valence-corrected chi connectivity index (χ2v) is 7.84. The molecule has 160 valence electrons. The van der Waals surface area contributed by atoms with Crippen LogP contribution in [0.3, 0.4) is 0 Å². The van der Waals surface area contributed by atoms with Crippen LogP contribution in [0, 0.1) is 5.82 Å². The van der Waals surface area contributed by atoms with E-state index < -0.39 is 0 Å². The molecule has 7 heteroatoms. The zero-order chi connectivity index (χ0) is 21.1. The largest absolute Gasteiger partial charge is 0.493 e. The summed E-state index contributed by atoms with van der Waals surface area (Å²) in [6.45, 7) is 5.38. The Balaban J connectivity index is 1.98. The fourth-order valence-electron chi connectivity index (χ4n) is 2.72. The number of halogens is 3. The highest BCUT2D eigenvalue weighted by Crippen LogP contribution is 2.37. The number of rotatable bonds is 13. The molecule has 0 fully saturated rings. The Morgan fingerprint density at radius 1 is 1.14 bits per heavy atom. The molecule has 0 heterocycles. The van der Waals surface area contributed by atoms with Gasteiger partial charge in [-0.25, -0.2) is 4.39 Å². The molecule has 0 aliphatic heterocycles. The molecular weight excluding hydrogens is 461 g/mol. The minimum Gasteiger partial charge on any atom is -0.493 e. The van der Waals surface area contributed by atoms with E-state index >= 15 is 0 Å². The second-order valence-electron chi connectivity index (χ2n) is 6.58. The normalized spacial score (nSPS) is 10.9. The predicted octanol–water partition coefficient (Wildman–Crippen LogP) is 6.13. The second kappa shape index (κ2) is 13.1. The summed E-state index contributed by atoms with van der Waals surface area (Å²) in [4.78, 5) is 0. The Labute approximate surface area is 185 Å². The highest BCUT2D eigenvalue weighted by Gasteiger charge is 2.15. The quantitative estimate of drug-likeness (QED) is 0.345. The van der Waals surface area contributed by atoms with Gasteiger partial charge in [-0.1, -0.05) is 46.9 Å². The van der Waals surface area contributed by atoms with Crippen LogP contribution in [0.15, 0.2) is 34.8 Å². The van der Waals surface area contributed by atoms with Crippen molar-refractivity contribution >= 4 is 27.5 Å². The van der Waals surface area contributed by atoms with Gasteiger partial charge in [-0.3, -0.25) is 0 Å². The van der Waals surface area contributed by atoms with Gasteiger partial charge >= 0.3 is 0 Å². The van der Waals surface area contributed by atoms with Gasteiger partial charge in [-0.2, -0.15) is 0 Å². The van der Waals surface area contributed by atoms with Gasteiger partial charge in [-0.15, -0.1) is 0 Å². The maximum Gasteiger partial charge on any atom is 0.167 e.